The number of benzene rings is 1. The third-order valence-electron chi connectivity index (χ3n) is 2.48. The van der Waals surface area contributed by atoms with Crippen molar-refractivity contribution in [2.45, 2.75) is 52.6 Å². The van der Waals surface area contributed by atoms with E-state index in [1.165, 1.54) is 6.42 Å². The van der Waals surface area contributed by atoms with Crippen LogP contribution in [0.15, 0.2) is 18.2 Å². The molecule has 2 heteroatoms. The van der Waals surface area contributed by atoms with Crippen LogP contribution < -0.4 is 9.47 Å². The van der Waals surface area contributed by atoms with Gasteiger partial charge in [-0.05, 0) is 39.3 Å². The molecule has 0 saturated carbocycles. The molecule has 19 heavy (non-hydrogen) atoms. The van der Waals surface area contributed by atoms with Crippen molar-refractivity contribution in [3.05, 3.63) is 23.8 Å². The van der Waals surface area contributed by atoms with Crippen LogP contribution in [0.1, 0.15) is 52.5 Å². The van der Waals surface area contributed by atoms with Crippen molar-refractivity contribution in [1.29, 1.82) is 0 Å². The molecule has 0 fully saturated rings. The van der Waals surface area contributed by atoms with E-state index < -0.39 is 0 Å². The first kappa shape index (κ1) is 15.4. The van der Waals surface area contributed by atoms with Gasteiger partial charge in [-0.2, -0.15) is 0 Å². The van der Waals surface area contributed by atoms with Crippen molar-refractivity contribution in [1.82, 2.24) is 0 Å². The predicted octanol–water partition coefficient (Wildman–Crippen LogP) is 4.41. The summed E-state index contributed by atoms with van der Waals surface area (Å²) in [6.07, 6.45) is 3.23. The zero-order valence-electron chi connectivity index (χ0n) is 12.7. The molecule has 1 aromatic rings. The van der Waals surface area contributed by atoms with E-state index in [0.717, 1.165) is 29.9 Å². The first-order valence-electron chi connectivity index (χ1n) is 6.82. The molecule has 0 radical (unpaired) electrons. The Morgan fingerprint density at radius 1 is 1.21 bits per heavy atom. The van der Waals surface area contributed by atoms with Crippen molar-refractivity contribution in [2.75, 3.05) is 7.11 Å². The summed E-state index contributed by atoms with van der Waals surface area (Å²) in [4.78, 5) is 0. The highest BCUT2D eigenvalue weighted by Crippen LogP contribution is 2.27. The number of methoxy groups -OCH3 is 1. The molecule has 0 spiro atoms. The number of rotatable bonds is 4. The molecule has 0 atom stereocenters. The van der Waals surface area contributed by atoms with Crippen LogP contribution in [0, 0.1) is 11.8 Å². The van der Waals surface area contributed by atoms with Crippen molar-refractivity contribution < 1.29 is 9.47 Å². The van der Waals surface area contributed by atoms with Gasteiger partial charge in [0.05, 0.1) is 12.7 Å². The van der Waals surface area contributed by atoms with E-state index in [2.05, 4.69) is 18.8 Å². The molecule has 0 heterocycles. The van der Waals surface area contributed by atoms with Crippen molar-refractivity contribution in [3.8, 4) is 23.3 Å². The average molecular weight is 260 g/mol. The zero-order valence-corrected chi connectivity index (χ0v) is 12.7. The second-order valence-corrected chi connectivity index (χ2v) is 5.48. The Kier molecular flexibility index (Phi) is 5.76. The lowest BCUT2D eigenvalue weighted by Gasteiger charge is -2.22. The van der Waals surface area contributed by atoms with Crippen LogP contribution in [-0.2, 0) is 0 Å². The van der Waals surface area contributed by atoms with Gasteiger partial charge in [0.25, 0.3) is 0 Å². The number of hydrogen-bond acceptors (Lipinski definition) is 2. The second kappa shape index (κ2) is 7.09. The molecule has 0 aliphatic carbocycles. The summed E-state index contributed by atoms with van der Waals surface area (Å²) in [5, 5.41) is 0. The van der Waals surface area contributed by atoms with Gasteiger partial charge in [0.1, 0.15) is 17.1 Å². The fourth-order valence-corrected chi connectivity index (χ4v) is 1.57. The molecule has 1 rings (SSSR count). The van der Waals surface area contributed by atoms with E-state index >= 15 is 0 Å². The van der Waals surface area contributed by atoms with E-state index in [0.29, 0.717) is 0 Å². The Labute approximate surface area is 117 Å². The molecule has 0 N–H and O–H groups in total. The van der Waals surface area contributed by atoms with Gasteiger partial charge in [0, 0.05) is 12.5 Å². The maximum absolute atomic E-state index is 5.95. The Hall–Kier alpha value is -1.62. The molecule has 0 aliphatic rings. The molecule has 0 amide bonds. The van der Waals surface area contributed by atoms with Gasteiger partial charge in [-0.3, -0.25) is 0 Å². The van der Waals surface area contributed by atoms with Crippen LogP contribution in [0.4, 0.5) is 0 Å². The Morgan fingerprint density at radius 3 is 2.53 bits per heavy atom. The van der Waals surface area contributed by atoms with Crippen LogP contribution in [0.25, 0.3) is 0 Å². The summed E-state index contributed by atoms with van der Waals surface area (Å²) in [6, 6.07) is 5.77. The van der Waals surface area contributed by atoms with Gasteiger partial charge < -0.3 is 9.47 Å². The van der Waals surface area contributed by atoms with Gasteiger partial charge >= 0.3 is 0 Å². The molecule has 104 valence electrons. The van der Waals surface area contributed by atoms with Crippen molar-refractivity contribution >= 4 is 0 Å². The fourth-order valence-electron chi connectivity index (χ4n) is 1.57. The van der Waals surface area contributed by atoms with E-state index in [1.807, 2.05) is 39.0 Å². The minimum atomic E-state index is -0.244. The van der Waals surface area contributed by atoms with E-state index in [4.69, 9.17) is 9.47 Å². The molecule has 0 unspecified atom stereocenters. The van der Waals surface area contributed by atoms with Crippen LogP contribution in [0.2, 0.25) is 0 Å². The Balaban J connectivity index is 2.97. The smallest absolute Gasteiger partial charge is 0.139 e. The molecule has 0 saturated heterocycles. The summed E-state index contributed by atoms with van der Waals surface area (Å²) < 4.78 is 11.2. The summed E-state index contributed by atoms with van der Waals surface area (Å²) in [7, 11) is 1.66. The molecule has 0 bridgehead atoms. The average Bonchev–Trinajstić information content (AvgIpc) is 2.34. The third kappa shape index (κ3) is 5.70. The minimum Gasteiger partial charge on any atom is -0.497 e. The monoisotopic (exact) mass is 260 g/mol. The number of ether oxygens (including phenoxy) is 2. The van der Waals surface area contributed by atoms with Crippen molar-refractivity contribution in [2.24, 2.45) is 0 Å². The molecular weight excluding hydrogens is 236 g/mol. The number of unbranched alkanes of at least 4 members (excludes halogenated alkanes) is 2. The lowest BCUT2D eigenvalue weighted by molar-refractivity contribution is 0.130. The molecular formula is C17H24O2. The summed E-state index contributed by atoms with van der Waals surface area (Å²) in [6.45, 7) is 8.26. The Morgan fingerprint density at radius 2 is 1.95 bits per heavy atom. The van der Waals surface area contributed by atoms with Gasteiger partial charge in [0.2, 0.25) is 0 Å². The normalized spacial score (nSPS) is 10.6. The van der Waals surface area contributed by atoms with E-state index in [1.54, 1.807) is 7.11 Å². The second-order valence-electron chi connectivity index (χ2n) is 5.48. The quantitative estimate of drug-likeness (QED) is 0.589. The molecule has 2 nitrogen and oxygen atoms in total. The largest absolute Gasteiger partial charge is 0.497 e. The number of hydrogen-bond donors (Lipinski definition) is 0. The Bertz CT molecular complexity index is 458. The van der Waals surface area contributed by atoms with Crippen LogP contribution in [-0.4, -0.2) is 12.7 Å². The first-order chi connectivity index (χ1) is 8.96. The molecule has 0 aliphatic heterocycles. The molecule has 0 aromatic heterocycles. The van der Waals surface area contributed by atoms with Gasteiger partial charge in [-0.15, -0.1) is 0 Å². The maximum atomic E-state index is 5.95. The van der Waals surface area contributed by atoms with E-state index in [9.17, 15) is 0 Å². The lowest BCUT2D eigenvalue weighted by atomic mass is 10.1. The highest BCUT2D eigenvalue weighted by molar-refractivity contribution is 5.50. The SMILES string of the molecule is CCCCC#Cc1ccc(OC)cc1OC(C)(C)C. The van der Waals surface area contributed by atoms with Gasteiger partial charge in [-0.25, -0.2) is 0 Å². The van der Waals surface area contributed by atoms with Gasteiger partial charge in [0.15, 0.2) is 0 Å². The third-order valence-corrected chi connectivity index (χ3v) is 2.48. The summed E-state index contributed by atoms with van der Waals surface area (Å²) in [5.41, 5.74) is 0.679. The van der Waals surface area contributed by atoms with Crippen molar-refractivity contribution in [3.63, 3.8) is 0 Å². The molecule has 1 aromatic carbocycles. The summed E-state index contributed by atoms with van der Waals surface area (Å²) in [5.74, 6) is 7.96. The fraction of sp³-hybridized carbons (Fsp3) is 0.529. The summed E-state index contributed by atoms with van der Waals surface area (Å²) >= 11 is 0. The predicted molar refractivity (Wildman–Crippen MR) is 79.8 cm³/mol. The first-order valence-corrected chi connectivity index (χ1v) is 6.82. The lowest BCUT2D eigenvalue weighted by Crippen LogP contribution is -2.23. The van der Waals surface area contributed by atoms with Crippen LogP contribution >= 0.6 is 0 Å². The van der Waals surface area contributed by atoms with Crippen LogP contribution in [0.5, 0.6) is 11.5 Å². The minimum absolute atomic E-state index is 0.244. The van der Waals surface area contributed by atoms with Gasteiger partial charge in [-0.1, -0.05) is 25.2 Å². The van der Waals surface area contributed by atoms with E-state index in [-0.39, 0.29) is 5.60 Å². The maximum Gasteiger partial charge on any atom is 0.139 e. The highest BCUT2D eigenvalue weighted by Gasteiger charge is 2.14. The zero-order chi connectivity index (χ0) is 14.3. The highest BCUT2D eigenvalue weighted by atomic mass is 16.5. The topological polar surface area (TPSA) is 18.5 Å². The van der Waals surface area contributed by atoms with Crippen LogP contribution in [0.3, 0.4) is 0 Å². The standard InChI is InChI=1S/C17H24O2/c1-6-7-8-9-10-14-11-12-15(18-5)13-16(14)19-17(2,3)4/h11-13H,6-8H2,1-5H3.